The van der Waals surface area contributed by atoms with Crippen molar-refractivity contribution in [3.05, 3.63) is 11.6 Å². The first-order valence-corrected chi connectivity index (χ1v) is 10.7. The van der Waals surface area contributed by atoms with Gasteiger partial charge in [0.25, 0.3) is 0 Å². The van der Waals surface area contributed by atoms with Gasteiger partial charge in [-0.05, 0) is 80.3 Å². The summed E-state index contributed by atoms with van der Waals surface area (Å²) in [7, 11) is 0. The predicted molar refractivity (Wildman–Crippen MR) is 103 cm³/mol. The van der Waals surface area contributed by atoms with Gasteiger partial charge in [0.2, 0.25) is 0 Å². The topological polar surface area (TPSA) is 80.7 Å². The molecular formula is C23H32O5. The van der Waals surface area contributed by atoms with Crippen LogP contribution >= 0.6 is 0 Å². The van der Waals surface area contributed by atoms with E-state index in [-0.39, 0.29) is 28.8 Å². The number of ether oxygens (including phenoxy) is 1. The number of hydrogen-bond acceptors (Lipinski definition) is 5. The lowest BCUT2D eigenvalue weighted by Crippen LogP contribution is -2.59. The fourth-order valence-corrected chi connectivity index (χ4v) is 7.67. The van der Waals surface area contributed by atoms with Crippen LogP contribution in [-0.2, 0) is 19.1 Å². The second-order valence-electron chi connectivity index (χ2n) is 10.1. The summed E-state index contributed by atoms with van der Waals surface area (Å²) in [4.78, 5) is 36.6. The molecule has 1 N–H and O–H groups in total. The molecule has 0 radical (unpaired) electrons. The summed E-state index contributed by atoms with van der Waals surface area (Å²) in [6.45, 7) is 7.27. The quantitative estimate of drug-likeness (QED) is 0.734. The molecule has 0 aromatic carbocycles. The molecule has 4 rings (SSSR count). The van der Waals surface area contributed by atoms with E-state index in [1.807, 2.05) is 0 Å². The summed E-state index contributed by atoms with van der Waals surface area (Å²) in [5.41, 5.74) is -0.670. The number of aliphatic hydroxyl groups is 1. The maximum absolute atomic E-state index is 12.7. The molecule has 0 aromatic rings. The highest BCUT2D eigenvalue weighted by atomic mass is 16.6. The van der Waals surface area contributed by atoms with Crippen molar-refractivity contribution in [3.63, 3.8) is 0 Å². The van der Waals surface area contributed by atoms with E-state index in [9.17, 15) is 19.5 Å². The van der Waals surface area contributed by atoms with Crippen LogP contribution in [0.3, 0.4) is 0 Å². The van der Waals surface area contributed by atoms with E-state index in [1.165, 1.54) is 6.92 Å². The maximum Gasteiger partial charge on any atom is 0.303 e. The molecule has 0 aliphatic heterocycles. The van der Waals surface area contributed by atoms with Crippen molar-refractivity contribution in [1.82, 2.24) is 0 Å². The molecule has 4 aliphatic rings. The number of ketones is 2. The number of aliphatic hydroxyl groups excluding tert-OH is 1. The Hall–Kier alpha value is -1.49. The molecule has 0 bridgehead atoms. The smallest absolute Gasteiger partial charge is 0.303 e. The Labute approximate surface area is 166 Å². The van der Waals surface area contributed by atoms with Crippen LogP contribution in [0.4, 0.5) is 0 Å². The lowest BCUT2D eigenvalue weighted by atomic mass is 9.45. The first kappa shape index (κ1) is 19.8. The highest BCUT2D eigenvalue weighted by Gasteiger charge is 2.68. The van der Waals surface area contributed by atoms with Gasteiger partial charge in [-0.15, -0.1) is 0 Å². The molecular weight excluding hydrogens is 356 g/mol. The highest BCUT2D eigenvalue weighted by molar-refractivity contribution is 5.92. The Balaban J connectivity index is 1.73. The van der Waals surface area contributed by atoms with E-state index >= 15 is 0 Å². The molecule has 4 aliphatic carbocycles. The fraction of sp³-hybridized carbons (Fsp3) is 0.783. The lowest BCUT2D eigenvalue weighted by Gasteiger charge is -2.60. The van der Waals surface area contributed by atoms with E-state index in [4.69, 9.17) is 4.74 Å². The summed E-state index contributed by atoms with van der Waals surface area (Å²) in [6, 6.07) is 0. The van der Waals surface area contributed by atoms with Crippen LogP contribution < -0.4 is 0 Å². The third-order valence-corrected chi connectivity index (χ3v) is 8.98. The molecule has 0 aromatic heterocycles. The SMILES string of the molecule is CC(=O)O[C@@]1(C(C)=O)CC[C@H]2[C@@H]3C[C@@H](O)C4=CC(=O)CC[C@]4(C)[C@H]3CC[C@@]21C. The summed E-state index contributed by atoms with van der Waals surface area (Å²) < 4.78 is 5.78. The average Bonchev–Trinajstić information content (AvgIpc) is 2.90. The zero-order valence-corrected chi connectivity index (χ0v) is 17.4. The minimum Gasteiger partial charge on any atom is -0.451 e. The zero-order valence-electron chi connectivity index (χ0n) is 17.4. The zero-order chi connectivity index (χ0) is 20.5. The summed E-state index contributed by atoms with van der Waals surface area (Å²) >= 11 is 0. The highest BCUT2D eigenvalue weighted by Crippen LogP contribution is 2.68. The largest absolute Gasteiger partial charge is 0.451 e. The molecule has 5 heteroatoms. The number of fused-ring (bicyclic) bond motifs is 5. The Bertz CT molecular complexity index is 769. The Kier molecular flexibility index (Phi) is 4.42. The van der Waals surface area contributed by atoms with E-state index in [0.29, 0.717) is 25.2 Å². The number of carbonyl (C=O) groups excluding carboxylic acids is 3. The van der Waals surface area contributed by atoms with Crippen LogP contribution in [0.1, 0.15) is 72.6 Å². The minimum absolute atomic E-state index is 0.0578. The first-order chi connectivity index (χ1) is 13.0. The number of carbonyl (C=O) groups is 3. The Morgan fingerprint density at radius 1 is 1.11 bits per heavy atom. The lowest BCUT2D eigenvalue weighted by molar-refractivity contribution is -0.188. The number of hydrogen-bond donors (Lipinski definition) is 1. The molecule has 154 valence electrons. The van der Waals surface area contributed by atoms with Crippen LogP contribution in [0.25, 0.3) is 0 Å². The van der Waals surface area contributed by atoms with Gasteiger partial charge in [0.1, 0.15) is 0 Å². The molecule has 3 saturated carbocycles. The third kappa shape index (κ3) is 2.44. The van der Waals surface area contributed by atoms with Gasteiger partial charge in [-0.1, -0.05) is 13.8 Å². The van der Waals surface area contributed by atoms with Crippen molar-refractivity contribution in [2.45, 2.75) is 84.3 Å². The molecule has 0 spiro atoms. The number of esters is 1. The van der Waals surface area contributed by atoms with Gasteiger partial charge in [0.05, 0.1) is 6.10 Å². The Morgan fingerprint density at radius 2 is 1.79 bits per heavy atom. The van der Waals surface area contributed by atoms with Crippen LogP contribution in [-0.4, -0.2) is 34.3 Å². The fourth-order valence-electron chi connectivity index (χ4n) is 7.67. The molecule has 28 heavy (non-hydrogen) atoms. The molecule has 0 unspecified atom stereocenters. The van der Waals surface area contributed by atoms with Gasteiger partial charge in [0, 0.05) is 18.8 Å². The molecule has 0 amide bonds. The third-order valence-electron chi connectivity index (χ3n) is 8.98. The van der Waals surface area contributed by atoms with Gasteiger partial charge in [-0.2, -0.15) is 0 Å². The summed E-state index contributed by atoms with van der Waals surface area (Å²) in [5.74, 6) is 0.579. The summed E-state index contributed by atoms with van der Waals surface area (Å²) in [6.07, 6.45) is 6.25. The number of Topliss-reactive ketones (excluding diaryl/α,β-unsaturated/α-hetero) is 1. The van der Waals surface area contributed by atoms with Crippen molar-refractivity contribution in [1.29, 1.82) is 0 Å². The molecule has 0 saturated heterocycles. The maximum atomic E-state index is 12.7. The van der Waals surface area contributed by atoms with Gasteiger partial charge in [0.15, 0.2) is 17.2 Å². The van der Waals surface area contributed by atoms with Crippen molar-refractivity contribution < 1.29 is 24.2 Å². The van der Waals surface area contributed by atoms with E-state index in [2.05, 4.69) is 13.8 Å². The van der Waals surface area contributed by atoms with Crippen LogP contribution in [0, 0.1) is 28.6 Å². The average molecular weight is 389 g/mol. The van der Waals surface area contributed by atoms with Crippen LogP contribution in [0.5, 0.6) is 0 Å². The second kappa shape index (κ2) is 6.25. The second-order valence-corrected chi connectivity index (χ2v) is 10.1. The van der Waals surface area contributed by atoms with Gasteiger partial charge >= 0.3 is 5.97 Å². The predicted octanol–water partition coefficient (Wildman–Crippen LogP) is 3.38. The number of rotatable bonds is 2. The normalized spacial score (nSPS) is 47.5. The Morgan fingerprint density at radius 3 is 2.43 bits per heavy atom. The monoisotopic (exact) mass is 388 g/mol. The first-order valence-electron chi connectivity index (χ1n) is 10.7. The van der Waals surface area contributed by atoms with Crippen LogP contribution in [0.2, 0.25) is 0 Å². The van der Waals surface area contributed by atoms with E-state index in [1.54, 1.807) is 13.0 Å². The summed E-state index contributed by atoms with van der Waals surface area (Å²) in [5, 5.41) is 10.9. The van der Waals surface area contributed by atoms with Gasteiger partial charge < -0.3 is 9.84 Å². The van der Waals surface area contributed by atoms with E-state index < -0.39 is 23.1 Å². The van der Waals surface area contributed by atoms with Crippen LogP contribution in [0.15, 0.2) is 11.6 Å². The van der Waals surface area contributed by atoms with Crippen molar-refractivity contribution in [2.75, 3.05) is 0 Å². The van der Waals surface area contributed by atoms with Gasteiger partial charge in [-0.25, -0.2) is 0 Å². The minimum atomic E-state index is -1.04. The molecule has 3 fully saturated rings. The van der Waals surface area contributed by atoms with Crippen molar-refractivity contribution >= 4 is 17.5 Å². The van der Waals surface area contributed by atoms with Gasteiger partial charge in [-0.3, -0.25) is 14.4 Å². The molecule has 5 nitrogen and oxygen atoms in total. The van der Waals surface area contributed by atoms with Crippen molar-refractivity contribution in [3.8, 4) is 0 Å². The standard InChI is InChI=1S/C23H32O5/c1-13(24)23(28-14(2)25)10-7-18-16-12-20(27)19-11-15(26)5-8-21(19,3)17(16)6-9-22(18,23)4/h11,16-18,20,27H,5-10,12H2,1-4H3/t16-,17+,18+,20-,21-,22+,23-/m1/s1. The molecule has 0 heterocycles. The van der Waals surface area contributed by atoms with E-state index in [0.717, 1.165) is 31.3 Å². The molecule has 7 atom stereocenters. The van der Waals surface area contributed by atoms with Crippen molar-refractivity contribution in [2.24, 2.45) is 28.6 Å².